The van der Waals surface area contributed by atoms with Gasteiger partial charge >= 0.3 is 0 Å². The summed E-state index contributed by atoms with van der Waals surface area (Å²) in [4.78, 5) is 11.2. The predicted octanol–water partition coefficient (Wildman–Crippen LogP) is 1.91. The molecule has 1 rings (SSSR count). The molecule has 0 aromatic carbocycles. The van der Waals surface area contributed by atoms with E-state index in [2.05, 4.69) is 0 Å². The molecular weight excluding hydrogens is 175 g/mol. The highest BCUT2D eigenvalue weighted by molar-refractivity contribution is 7.57. The number of ketones is 1. The van der Waals surface area contributed by atoms with Crippen LogP contribution in [-0.2, 0) is 13.9 Å². The Kier molecular flexibility index (Phi) is 3.08. The van der Waals surface area contributed by atoms with Gasteiger partial charge < -0.3 is 4.52 Å². The molecule has 0 heterocycles. The number of hydrogen-bond donors (Lipinski definition) is 0. The first kappa shape index (κ1) is 9.94. The minimum Gasteiger partial charge on any atom is -0.321 e. The standard InChI is InChI=1S/C8H15O3P/c1-12(2,10)11-6-8(9)7-4-3-5-7/h7H,3-6H2,1-2H3. The largest absolute Gasteiger partial charge is 0.321 e. The van der Waals surface area contributed by atoms with Crippen LogP contribution >= 0.6 is 7.37 Å². The molecule has 12 heavy (non-hydrogen) atoms. The fourth-order valence-electron chi connectivity index (χ4n) is 1.07. The third kappa shape index (κ3) is 3.08. The molecule has 0 aromatic heterocycles. The van der Waals surface area contributed by atoms with E-state index in [-0.39, 0.29) is 18.3 Å². The number of Topliss-reactive ketones (excluding diaryl/α,β-unsaturated/α-hetero) is 1. The van der Waals surface area contributed by atoms with Gasteiger partial charge in [-0.2, -0.15) is 0 Å². The molecule has 0 bridgehead atoms. The Morgan fingerprint density at radius 2 is 2.08 bits per heavy atom. The second kappa shape index (κ2) is 3.71. The molecule has 0 amide bonds. The Balaban J connectivity index is 2.22. The highest BCUT2D eigenvalue weighted by atomic mass is 31.2. The molecule has 1 fully saturated rings. The molecule has 3 nitrogen and oxygen atoms in total. The van der Waals surface area contributed by atoms with E-state index in [0.29, 0.717) is 0 Å². The summed E-state index contributed by atoms with van der Waals surface area (Å²) < 4.78 is 16.0. The number of carbonyl (C=O) groups excluding carboxylic acids is 1. The monoisotopic (exact) mass is 190 g/mol. The van der Waals surface area contributed by atoms with E-state index in [1.807, 2.05) is 0 Å². The molecule has 0 spiro atoms. The molecule has 0 atom stereocenters. The number of hydrogen-bond acceptors (Lipinski definition) is 3. The Morgan fingerprint density at radius 3 is 2.42 bits per heavy atom. The molecule has 1 aliphatic carbocycles. The lowest BCUT2D eigenvalue weighted by Crippen LogP contribution is -2.25. The predicted molar refractivity (Wildman–Crippen MR) is 47.8 cm³/mol. The molecule has 1 aliphatic rings. The van der Waals surface area contributed by atoms with Crippen molar-refractivity contribution >= 4 is 13.2 Å². The maximum Gasteiger partial charge on any atom is 0.197 e. The maximum atomic E-state index is 11.2. The van der Waals surface area contributed by atoms with Gasteiger partial charge in [0, 0.05) is 19.2 Å². The first-order chi connectivity index (χ1) is 5.49. The van der Waals surface area contributed by atoms with Gasteiger partial charge in [-0.1, -0.05) is 6.42 Å². The van der Waals surface area contributed by atoms with Gasteiger partial charge in [0.1, 0.15) is 6.61 Å². The van der Waals surface area contributed by atoms with Crippen LogP contribution in [0.3, 0.4) is 0 Å². The summed E-state index contributed by atoms with van der Waals surface area (Å²) in [6.07, 6.45) is 3.12. The molecule has 1 saturated carbocycles. The molecule has 0 aliphatic heterocycles. The second-order valence-corrected chi connectivity index (χ2v) is 6.38. The fourth-order valence-corrected chi connectivity index (χ4v) is 1.51. The smallest absolute Gasteiger partial charge is 0.197 e. The molecule has 4 heteroatoms. The van der Waals surface area contributed by atoms with Crippen LogP contribution in [0.1, 0.15) is 19.3 Å². The Labute approximate surface area is 72.9 Å². The lowest BCUT2D eigenvalue weighted by Gasteiger charge is -2.23. The van der Waals surface area contributed by atoms with Crippen LogP contribution < -0.4 is 0 Å². The van der Waals surface area contributed by atoms with Crippen molar-refractivity contribution in [1.82, 2.24) is 0 Å². The quantitative estimate of drug-likeness (QED) is 0.636. The second-order valence-electron chi connectivity index (χ2n) is 3.62. The molecule has 0 radical (unpaired) electrons. The van der Waals surface area contributed by atoms with Crippen LogP contribution in [0.5, 0.6) is 0 Å². The van der Waals surface area contributed by atoms with Gasteiger partial charge in [0.15, 0.2) is 13.2 Å². The zero-order valence-corrected chi connectivity index (χ0v) is 8.47. The third-order valence-corrected chi connectivity index (χ3v) is 2.83. The summed E-state index contributed by atoms with van der Waals surface area (Å²) in [7, 11) is -2.47. The van der Waals surface area contributed by atoms with E-state index in [0.717, 1.165) is 19.3 Å². The van der Waals surface area contributed by atoms with Gasteiger partial charge in [-0.25, -0.2) is 0 Å². The zero-order valence-electron chi connectivity index (χ0n) is 7.58. The summed E-state index contributed by atoms with van der Waals surface area (Å²) in [5.74, 6) is 0.307. The van der Waals surface area contributed by atoms with Crippen LogP contribution in [-0.4, -0.2) is 25.7 Å². The Bertz CT molecular complexity index is 214. The van der Waals surface area contributed by atoms with Crippen molar-refractivity contribution in [1.29, 1.82) is 0 Å². The summed E-state index contributed by atoms with van der Waals surface area (Å²) >= 11 is 0. The highest BCUT2D eigenvalue weighted by Gasteiger charge is 2.25. The van der Waals surface area contributed by atoms with Crippen molar-refractivity contribution in [3.63, 3.8) is 0 Å². The van der Waals surface area contributed by atoms with E-state index in [4.69, 9.17) is 4.52 Å². The topological polar surface area (TPSA) is 43.4 Å². The average molecular weight is 190 g/mol. The SMILES string of the molecule is CP(C)(=O)OCC(=O)C1CCC1. The summed E-state index contributed by atoms with van der Waals surface area (Å²) in [5.41, 5.74) is 0. The molecule has 0 aromatic rings. The average Bonchev–Trinajstić information content (AvgIpc) is 1.78. The normalized spacial score (nSPS) is 18.8. The van der Waals surface area contributed by atoms with Gasteiger partial charge in [-0.15, -0.1) is 0 Å². The van der Waals surface area contributed by atoms with Crippen LogP contribution in [0.4, 0.5) is 0 Å². The lowest BCUT2D eigenvalue weighted by atomic mass is 9.82. The fraction of sp³-hybridized carbons (Fsp3) is 0.875. The van der Waals surface area contributed by atoms with Crippen LogP contribution in [0.25, 0.3) is 0 Å². The van der Waals surface area contributed by atoms with Crippen molar-refractivity contribution in [3.05, 3.63) is 0 Å². The van der Waals surface area contributed by atoms with E-state index >= 15 is 0 Å². The van der Waals surface area contributed by atoms with Gasteiger partial charge in [0.05, 0.1) is 0 Å². The summed E-state index contributed by atoms with van der Waals surface area (Å²) in [6.45, 7) is 3.09. The Morgan fingerprint density at radius 1 is 1.50 bits per heavy atom. The summed E-state index contributed by atoms with van der Waals surface area (Å²) in [6, 6.07) is 0. The van der Waals surface area contributed by atoms with E-state index in [1.54, 1.807) is 0 Å². The Hall–Kier alpha value is -0.140. The molecule has 0 unspecified atom stereocenters. The minimum atomic E-state index is -2.47. The van der Waals surface area contributed by atoms with Gasteiger partial charge in [0.2, 0.25) is 0 Å². The third-order valence-electron chi connectivity index (χ3n) is 2.08. The lowest BCUT2D eigenvalue weighted by molar-refractivity contribution is -0.127. The van der Waals surface area contributed by atoms with Crippen molar-refractivity contribution in [2.24, 2.45) is 5.92 Å². The van der Waals surface area contributed by atoms with E-state index in [9.17, 15) is 9.36 Å². The number of carbonyl (C=O) groups is 1. The molecule has 0 saturated heterocycles. The van der Waals surface area contributed by atoms with Crippen molar-refractivity contribution in [3.8, 4) is 0 Å². The van der Waals surface area contributed by atoms with Gasteiger partial charge in [-0.05, 0) is 12.8 Å². The van der Waals surface area contributed by atoms with Gasteiger partial charge in [-0.3, -0.25) is 9.36 Å². The van der Waals surface area contributed by atoms with Crippen molar-refractivity contribution in [2.45, 2.75) is 19.3 Å². The molecule has 0 N–H and O–H groups in total. The molecular formula is C8H15O3P. The zero-order chi connectivity index (χ0) is 9.19. The number of rotatable bonds is 4. The first-order valence-corrected chi connectivity index (χ1v) is 6.73. The van der Waals surface area contributed by atoms with Crippen LogP contribution in [0, 0.1) is 5.92 Å². The minimum absolute atomic E-state index is 0.0367. The van der Waals surface area contributed by atoms with E-state index < -0.39 is 7.37 Å². The maximum absolute atomic E-state index is 11.2. The van der Waals surface area contributed by atoms with Gasteiger partial charge in [0.25, 0.3) is 0 Å². The first-order valence-electron chi connectivity index (χ1n) is 4.21. The van der Waals surface area contributed by atoms with E-state index in [1.165, 1.54) is 13.3 Å². The van der Waals surface area contributed by atoms with Crippen LogP contribution in [0.2, 0.25) is 0 Å². The van der Waals surface area contributed by atoms with Crippen molar-refractivity contribution < 1.29 is 13.9 Å². The summed E-state index contributed by atoms with van der Waals surface area (Å²) in [5, 5.41) is 0. The molecule has 70 valence electrons. The van der Waals surface area contributed by atoms with Crippen LogP contribution in [0.15, 0.2) is 0 Å². The van der Waals surface area contributed by atoms with Crippen molar-refractivity contribution in [2.75, 3.05) is 19.9 Å². The highest BCUT2D eigenvalue weighted by Crippen LogP contribution is 2.38.